The average molecular weight is 334 g/mol. The van der Waals surface area contributed by atoms with E-state index in [0.29, 0.717) is 4.90 Å². The lowest BCUT2D eigenvalue weighted by atomic mass is 10.3. The molecule has 8 heteroatoms. The summed E-state index contributed by atoms with van der Waals surface area (Å²) in [6, 6.07) is 10.6. The van der Waals surface area contributed by atoms with Crippen LogP contribution in [0.5, 0.6) is 5.75 Å². The number of rotatable bonds is 3. The molecule has 112 valence electrons. The molecular weight excluding hydrogens is 325 g/mol. The molecule has 0 aliphatic rings. The Morgan fingerprint density at radius 1 is 0.952 bits per heavy atom. The summed E-state index contributed by atoms with van der Waals surface area (Å²) in [7, 11) is -5.41. The molecule has 0 aromatic heterocycles. The van der Waals surface area contributed by atoms with Crippen LogP contribution in [0.3, 0.4) is 0 Å². The van der Waals surface area contributed by atoms with Crippen molar-refractivity contribution in [2.24, 2.45) is 0 Å². The highest BCUT2D eigenvalue weighted by Gasteiger charge is 2.47. The van der Waals surface area contributed by atoms with Gasteiger partial charge >= 0.3 is 5.51 Å². The number of benzene rings is 2. The van der Waals surface area contributed by atoms with Crippen molar-refractivity contribution in [3.63, 3.8) is 0 Å². The first kappa shape index (κ1) is 15.7. The predicted molar refractivity (Wildman–Crippen MR) is 71.9 cm³/mol. The lowest BCUT2D eigenvalue weighted by Crippen LogP contribution is -2.23. The molecule has 0 spiro atoms. The monoisotopic (exact) mass is 334 g/mol. The van der Waals surface area contributed by atoms with Crippen molar-refractivity contribution < 1.29 is 26.7 Å². The quantitative estimate of drug-likeness (QED) is 0.927. The second-order valence-corrected chi connectivity index (χ2v) is 7.02. The highest BCUT2D eigenvalue weighted by atomic mass is 32.2. The molecule has 0 unspecified atom stereocenters. The molecular formula is C13H9F3O3S2. The molecule has 0 radical (unpaired) electrons. The first-order valence-corrected chi connectivity index (χ1v) is 7.89. The number of sulfone groups is 1. The molecule has 0 aliphatic carbocycles. The first-order valence-electron chi connectivity index (χ1n) is 5.59. The van der Waals surface area contributed by atoms with Crippen LogP contribution >= 0.6 is 11.8 Å². The van der Waals surface area contributed by atoms with E-state index < -0.39 is 20.2 Å². The average Bonchev–Trinajstić information content (AvgIpc) is 2.40. The van der Waals surface area contributed by atoms with E-state index in [1.807, 2.05) is 0 Å². The van der Waals surface area contributed by atoms with E-state index in [4.69, 9.17) is 5.11 Å². The Morgan fingerprint density at radius 3 is 2.10 bits per heavy atom. The smallest absolute Gasteiger partial charge is 0.501 e. The molecule has 0 amide bonds. The molecule has 0 saturated carbocycles. The van der Waals surface area contributed by atoms with Gasteiger partial charge in [0.1, 0.15) is 5.75 Å². The molecule has 0 heterocycles. The van der Waals surface area contributed by atoms with Gasteiger partial charge in [-0.15, -0.1) is 0 Å². The van der Waals surface area contributed by atoms with Crippen LogP contribution in [0.4, 0.5) is 13.2 Å². The standard InChI is InChI=1S/C13H9F3O3S2/c14-13(15,16)21(18,19)12-4-2-1-3-11(12)20-10-7-5-9(17)6-8-10/h1-8,17H. The number of halogens is 3. The van der Waals surface area contributed by atoms with Gasteiger partial charge in [0, 0.05) is 9.79 Å². The Labute approximate surface area is 123 Å². The van der Waals surface area contributed by atoms with Crippen molar-refractivity contribution in [2.75, 3.05) is 0 Å². The lowest BCUT2D eigenvalue weighted by Gasteiger charge is -2.12. The number of hydrogen-bond donors (Lipinski definition) is 1. The summed E-state index contributed by atoms with van der Waals surface area (Å²) in [4.78, 5) is -0.297. The minimum atomic E-state index is -5.41. The fourth-order valence-corrected chi connectivity index (χ4v) is 3.66. The van der Waals surface area contributed by atoms with Crippen LogP contribution < -0.4 is 0 Å². The third kappa shape index (κ3) is 3.33. The number of aromatic hydroxyl groups is 1. The summed E-state index contributed by atoms with van der Waals surface area (Å²) < 4.78 is 61.1. The number of hydrogen-bond acceptors (Lipinski definition) is 4. The van der Waals surface area contributed by atoms with Crippen molar-refractivity contribution in [3.8, 4) is 5.75 Å². The first-order chi connectivity index (χ1) is 9.72. The van der Waals surface area contributed by atoms with Crippen molar-refractivity contribution in [2.45, 2.75) is 20.2 Å². The zero-order valence-corrected chi connectivity index (χ0v) is 12.0. The summed E-state index contributed by atoms with van der Waals surface area (Å²) in [6.07, 6.45) is 0. The summed E-state index contributed by atoms with van der Waals surface area (Å²) in [5.41, 5.74) is -5.35. The summed E-state index contributed by atoms with van der Waals surface area (Å²) in [6.45, 7) is 0. The van der Waals surface area contributed by atoms with Crippen LogP contribution in [-0.2, 0) is 9.84 Å². The van der Waals surface area contributed by atoms with E-state index in [2.05, 4.69) is 0 Å². The molecule has 3 nitrogen and oxygen atoms in total. The van der Waals surface area contributed by atoms with Crippen molar-refractivity contribution in [1.82, 2.24) is 0 Å². The van der Waals surface area contributed by atoms with Crippen molar-refractivity contribution >= 4 is 21.6 Å². The molecule has 2 aromatic carbocycles. The van der Waals surface area contributed by atoms with Gasteiger partial charge in [0.2, 0.25) is 0 Å². The predicted octanol–water partition coefficient (Wildman–Crippen LogP) is 3.84. The maximum Gasteiger partial charge on any atom is 0.501 e. The largest absolute Gasteiger partial charge is 0.508 e. The van der Waals surface area contributed by atoms with Gasteiger partial charge < -0.3 is 5.11 Å². The Bertz CT molecular complexity index is 738. The van der Waals surface area contributed by atoms with E-state index in [9.17, 15) is 21.6 Å². The molecule has 0 aliphatic heterocycles. The van der Waals surface area contributed by atoms with E-state index in [-0.39, 0.29) is 10.6 Å². The van der Waals surface area contributed by atoms with Gasteiger partial charge in [-0.3, -0.25) is 0 Å². The second kappa shape index (κ2) is 5.61. The van der Waals surface area contributed by atoms with E-state index in [1.165, 1.54) is 42.5 Å². The molecule has 1 N–H and O–H groups in total. The van der Waals surface area contributed by atoms with Crippen molar-refractivity contribution in [3.05, 3.63) is 48.5 Å². The zero-order chi connectivity index (χ0) is 15.7. The Hall–Kier alpha value is -1.67. The molecule has 2 rings (SSSR count). The van der Waals surface area contributed by atoms with E-state index >= 15 is 0 Å². The normalized spacial score (nSPS) is 12.3. The summed E-state index contributed by atoms with van der Waals surface area (Å²) in [5.74, 6) is 0.00977. The number of phenols is 1. The van der Waals surface area contributed by atoms with Gasteiger partial charge in [0.25, 0.3) is 9.84 Å². The minimum Gasteiger partial charge on any atom is -0.508 e. The Balaban J connectivity index is 2.45. The van der Waals surface area contributed by atoms with E-state index in [1.54, 1.807) is 0 Å². The van der Waals surface area contributed by atoms with Crippen molar-refractivity contribution in [1.29, 1.82) is 0 Å². The number of phenolic OH excluding ortho intramolecular Hbond substituents is 1. The van der Waals surface area contributed by atoms with Gasteiger partial charge in [-0.1, -0.05) is 23.9 Å². The zero-order valence-electron chi connectivity index (χ0n) is 10.3. The fourth-order valence-electron chi connectivity index (χ4n) is 1.52. The van der Waals surface area contributed by atoms with Gasteiger partial charge in [-0.2, -0.15) is 13.2 Å². The third-order valence-electron chi connectivity index (χ3n) is 2.51. The fraction of sp³-hybridized carbons (Fsp3) is 0.0769. The summed E-state index contributed by atoms with van der Waals surface area (Å²) >= 11 is 0.876. The maximum atomic E-state index is 12.7. The highest BCUT2D eigenvalue weighted by molar-refractivity contribution is 8.00. The van der Waals surface area contributed by atoms with Crippen LogP contribution in [0.15, 0.2) is 63.2 Å². The van der Waals surface area contributed by atoms with Crippen LogP contribution in [0.25, 0.3) is 0 Å². The van der Waals surface area contributed by atoms with E-state index in [0.717, 1.165) is 17.8 Å². The number of alkyl halides is 3. The topological polar surface area (TPSA) is 54.4 Å². The molecule has 0 bridgehead atoms. The molecule has 0 atom stereocenters. The van der Waals surface area contributed by atoms with Crippen LogP contribution in [0, 0.1) is 0 Å². The van der Waals surface area contributed by atoms with Gasteiger partial charge in [0.15, 0.2) is 0 Å². The van der Waals surface area contributed by atoms with Gasteiger partial charge in [-0.05, 0) is 36.4 Å². The van der Waals surface area contributed by atoms with Gasteiger partial charge in [0.05, 0.1) is 4.90 Å². The van der Waals surface area contributed by atoms with Gasteiger partial charge in [-0.25, -0.2) is 8.42 Å². The summed E-state index contributed by atoms with van der Waals surface area (Å²) in [5, 5.41) is 9.16. The third-order valence-corrected chi connectivity index (χ3v) is 5.27. The second-order valence-electron chi connectivity index (χ2n) is 3.99. The van der Waals surface area contributed by atoms with Crippen LogP contribution in [0.2, 0.25) is 0 Å². The van der Waals surface area contributed by atoms with Crippen LogP contribution in [0.1, 0.15) is 0 Å². The molecule has 0 fully saturated rings. The molecule has 0 saturated heterocycles. The lowest BCUT2D eigenvalue weighted by molar-refractivity contribution is -0.0437. The maximum absolute atomic E-state index is 12.7. The minimum absolute atomic E-state index is 0.00977. The Kier molecular flexibility index (Phi) is 4.20. The molecule has 2 aromatic rings. The SMILES string of the molecule is O=S(=O)(c1ccccc1Sc1ccc(O)cc1)C(F)(F)F. The van der Waals surface area contributed by atoms with Crippen LogP contribution in [-0.4, -0.2) is 19.0 Å². The Morgan fingerprint density at radius 2 is 1.52 bits per heavy atom. The molecule has 21 heavy (non-hydrogen) atoms. The highest BCUT2D eigenvalue weighted by Crippen LogP contribution is 2.38.